The van der Waals surface area contributed by atoms with E-state index in [9.17, 15) is 10.2 Å². The Hall–Kier alpha value is -0.160. The van der Waals surface area contributed by atoms with Crippen molar-refractivity contribution in [3.05, 3.63) is 0 Å². The van der Waals surface area contributed by atoms with Gasteiger partial charge in [0.25, 0.3) is 0 Å². The minimum atomic E-state index is -0.749. The summed E-state index contributed by atoms with van der Waals surface area (Å²) < 4.78 is 10.1. The van der Waals surface area contributed by atoms with E-state index >= 15 is 0 Å². The molecular formula is C8H16O4. The molecular weight excluding hydrogens is 160 g/mol. The number of ether oxygens (including phenoxy) is 2. The van der Waals surface area contributed by atoms with Gasteiger partial charge in [-0.05, 0) is 6.92 Å². The predicted molar refractivity (Wildman–Crippen MR) is 42.5 cm³/mol. The molecule has 5 atom stereocenters. The Labute approximate surface area is 72.1 Å². The van der Waals surface area contributed by atoms with Crippen molar-refractivity contribution in [2.45, 2.75) is 38.4 Å². The molecule has 0 bridgehead atoms. The minimum absolute atomic E-state index is 0.210. The molecule has 0 saturated carbocycles. The first kappa shape index (κ1) is 9.92. The Morgan fingerprint density at radius 2 is 1.75 bits per heavy atom. The Morgan fingerprint density at radius 1 is 1.17 bits per heavy atom. The summed E-state index contributed by atoms with van der Waals surface area (Å²) in [6.07, 6.45) is -2.26. The lowest BCUT2D eigenvalue weighted by atomic mass is 9.91. The molecule has 0 spiro atoms. The van der Waals surface area contributed by atoms with Crippen LogP contribution in [0.2, 0.25) is 0 Å². The van der Waals surface area contributed by atoms with E-state index in [1.165, 1.54) is 7.11 Å². The van der Waals surface area contributed by atoms with Gasteiger partial charge < -0.3 is 19.7 Å². The lowest BCUT2D eigenvalue weighted by molar-refractivity contribution is -0.270. The van der Waals surface area contributed by atoms with Crippen molar-refractivity contribution in [3.63, 3.8) is 0 Å². The molecule has 0 aliphatic carbocycles. The molecule has 0 aromatic heterocycles. The van der Waals surface area contributed by atoms with Gasteiger partial charge in [-0.2, -0.15) is 0 Å². The maximum atomic E-state index is 9.52. The molecule has 1 rings (SSSR count). The van der Waals surface area contributed by atoms with Gasteiger partial charge >= 0.3 is 0 Å². The zero-order valence-corrected chi connectivity index (χ0v) is 7.60. The van der Waals surface area contributed by atoms with Crippen LogP contribution in [0.5, 0.6) is 0 Å². The maximum absolute atomic E-state index is 9.52. The van der Waals surface area contributed by atoms with E-state index in [1.807, 2.05) is 0 Å². The Morgan fingerprint density at radius 3 is 2.25 bits per heavy atom. The van der Waals surface area contributed by atoms with E-state index in [1.54, 1.807) is 13.8 Å². The molecule has 2 N–H and O–H groups in total. The van der Waals surface area contributed by atoms with Crippen molar-refractivity contribution < 1.29 is 19.7 Å². The average Bonchev–Trinajstić information content (AvgIpc) is 2.08. The standard InChI is InChI=1S/C8H16O4/c1-4-6(9)5(2)12-8(11-3)7(4)10/h4-10H,1-3H3/t4-,5+,6-,7-,8-/m1/s1. The van der Waals surface area contributed by atoms with E-state index < -0.39 is 18.5 Å². The second kappa shape index (κ2) is 3.70. The maximum Gasteiger partial charge on any atom is 0.183 e. The third kappa shape index (κ3) is 1.61. The predicted octanol–water partition coefficient (Wildman–Crippen LogP) is -0.264. The fourth-order valence-electron chi connectivity index (χ4n) is 1.44. The van der Waals surface area contributed by atoms with Gasteiger partial charge in [-0.3, -0.25) is 0 Å². The topological polar surface area (TPSA) is 58.9 Å². The molecule has 1 saturated heterocycles. The zero-order valence-electron chi connectivity index (χ0n) is 7.60. The molecule has 1 fully saturated rings. The highest BCUT2D eigenvalue weighted by atomic mass is 16.7. The summed E-state index contributed by atoms with van der Waals surface area (Å²) >= 11 is 0. The Balaban J connectivity index is 2.63. The highest BCUT2D eigenvalue weighted by molar-refractivity contribution is 4.84. The molecule has 0 aromatic rings. The summed E-state index contributed by atoms with van der Waals surface area (Å²) in [6, 6.07) is 0. The quantitative estimate of drug-likeness (QED) is 0.577. The fraction of sp³-hybridized carbons (Fsp3) is 1.00. The van der Waals surface area contributed by atoms with Crippen LogP contribution in [0, 0.1) is 5.92 Å². The van der Waals surface area contributed by atoms with Crippen molar-refractivity contribution in [1.29, 1.82) is 0 Å². The van der Waals surface area contributed by atoms with Crippen molar-refractivity contribution in [3.8, 4) is 0 Å². The van der Waals surface area contributed by atoms with Gasteiger partial charge in [-0.1, -0.05) is 6.92 Å². The summed E-state index contributed by atoms with van der Waals surface area (Å²) in [5.41, 5.74) is 0. The molecule has 1 heterocycles. The minimum Gasteiger partial charge on any atom is -0.390 e. The van der Waals surface area contributed by atoms with Crippen LogP contribution in [-0.4, -0.2) is 41.9 Å². The van der Waals surface area contributed by atoms with Gasteiger partial charge in [-0.25, -0.2) is 0 Å². The van der Waals surface area contributed by atoms with Gasteiger partial charge in [0, 0.05) is 13.0 Å². The second-order valence-corrected chi connectivity index (χ2v) is 3.29. The third-order valence-corrected chi connectivity index (χ3v) is 2.42. The van der Waals surface area contributed by atoms with Crippen molar-refractivity contribution in [2.75, 3.05) is 7.11 Å². The van der Waals surface area contributed by atoms with E-state index in [0.717, 1.165) is 0 Å². The highest BCUT2D eigenvalue weighted by Gasteiger charge is 2.39. The van der Waals surface area contributed by atoms with Crippen LogP contribution in [0.4, 0.5) is 0 Å². The Bertz CT molecular complexity index is 145. The monoisotopic (exact) mass is 176 g/mol. The molecule has 1 aliphatic rings. The van der Waals surface area contributed by atoms with Crippen molar-refractivity contribution in [1.82, 2.24) is 0 Å². The van der Waals surface area contributed by atoms with Crippen LogP contribution in [0.15, 0.2) is 0 Å². The molecule has 1 aliphatic heterocycles. The molecule has 0 unspecified atom stereocenters. The highest BCUT2D eigenvalue weighted by Crippen LogP contribution is 2.25. The number of rotatable bonds is 1. The average molecular weight is 176 g/mol. The van der Waals surface area contributed by atoms with Gasteiger partial charge in [-0.15, -0.1) is 0 Å². The molecule has 0 radical (unpaired) electrons. The zero-order chi connectivity index (χ0) is 9.30. The number of methoxy groups -OCH3 is 1. The smallest absolute Gasteiger partial charge is 0.183 e. The number of hydrogen-bond donors (Lipinski definition) is 2. The largest absolute Gasteiger partial charge is 0.390 e. The SMILES string of the molecule is CO[C@@H]1O[C@@H](C)[C@H](O)[C@@H](C)[C@H]1O. The molecule has 72 valence electrons. The first-order valence-electron chi connectivity index (χ1n) is 4.12. The van der Waals surface area contributed by atoms with E-state index in [0.29, 0.717) is 0 Å². The fourth-order valence-corrected chi connectivity index (χ4v) is 1.44. The van der Waals surface area contributed by atoms with Crippen LogP contribution in [0.1, 0.15) is 13.8 Å². The summed E-state index contributed by atoms with van der Waals surface area (Å²) in [5.74, 6) is -0.210. The van der Waals surface area contributed by atoms with Crippen LogP contribution < -0.4 is 0 Å². The van der Waals surface area contributed by atoms with E-state index in [2.05, 4.69) is 0 Å². The van der Waals surface area contributed by atoms with Gasteiger partial charge in [0.15, 0.2) is 6.29 Å². The number of aliphatic hydroxyl groups is 2. The molecule has 4 heteroatoms. The summed E-state index contributed by atoms with van der Waals surface area (Å²) in [6.45, 7) is 3.54. The van der Waals surface area contributed by atoms with Crippen molar-refractivity contribution in [2.24, 2.45) is 5.92 Å². The van der Waals surface area contributed by atoms with Crippen LogP contribution >= 0.6 is 0 Å². The van der Waals surface area contributed by atoms with Gasteiger partial charge in [0.05, 0.1) is 12.2 Å². The molecule has 12 heavy (non-hydrogen) atoms. The first-order chi connectivity index (χ1) is 5.57. The van der Waals surface area contributed by atoms with Crippen LogP contribution in [-0.2, 0) is 9.47 Å². The summed E-state index contributed by atoms with van der Waals surface area (Å²) in [4.78, 5) is 0. The van der Waals surface area contributed by atoms with Gasteiger partial charge in [0.2, 0.25) is 0 Å². The van der Waals surface area contributed by atoms with Gasteiger partial charge in [0.1, 0.15) is 6.10 Å². The molecule has 0 amide bonds. The Kier molecular flexibility index (Phi) is 3.06. The lowest BCUT2D eigenvalue weighted by Gasteiger charge is -2.39. The van der Waals surface area contributed by atoms with E-state index in [4.69, 9.17) is 9.47 Å². The third-order valence-electron chi connectivity index (χ3n) is 2.42. The summed E-state index contributed by atoms with van der Waals surface area (Å²) in [5, 5.41) is 19.0. The molecule has 0 aromatic carbocycles. The number of hydrogen-bond acceptors (Lipinski definition) is 4. The van der Waals surface area contributed by atoms with E-state index in [-0.39, 0.29) is 12.0 Å². The second-order valence-electron chi connectivity index (χ2n) is 3.29. The molecule has 4 nitrogen and oxygen atoms in total. The normalized spacial score (nSPS) is 49.2. The number of aliphatic hydroxyl groups excluding tert-OH is 2. The van der Waals surface area contributed by atoms with Crippen LogP contribution in [0.25, 0.3) is 0 Å². The lowest BCUT2D eigenvalue weighted by Crippen LogP contribution is -2.52. The first-order valence-corrected chi connectivity index (χ1v) is 4.12. The van der Waals surface area contributed by atoms with Crippen LogP contribution in [0.3, 0.4) is 0 Å². The van der Waals surface area contributed by atoms with Crippen molar-refractivity contribution >= 4 is 0 Å². The summed E-state index contributed by atoms with van der Waals surface area (Å²) in [7, 11) is 1.48.